The molecule has 0 radical (unpaired) electrons. The van der Waals surface area contributed by atoms with Gasteiger partial charge in [0.25, 0.3) is 0 Å². The third-order valence-corrected chi connectivity index (χ3v) is 2.43. The van der Waals surface area contributed by atoms with Gasteiger partial charge in [-0.05, 0) is 17.7 Å². The van der Waals surface area contributed by atoms with Crippen molar-refractivity contribution in [3.05, 3.63) is 47.7 Å². The Bertz CT molecular complexity index is 658. The number of carbonyl (C=O) groups is 1. The number of aromatic nitrogens is 2. The van der Waals surface area contributed by atoms with Crippen LogP contribution in [-0.2, 0) is 11.3 Å². The van der Waals surface area contributed by atoms with Gasteiger partial charge in [0.2, 0.25) is 5.88 Å². The Morgan fingerprint density at radius 2 is 2.37 bits per heavy atom. The van der Waals surface area contributed by atoms with Crippen LogP contribution in [0.25, 0.3) is 0 Å². The van der Waals surface area contributed by atoms with Gasteiger partial charge in [-0.3, -0.25) is 9.36 Å². The van der Waals surface area contributed by atoms with Gasteiger partial charge in [-0.2, -0.15) is 5.26 Å². The molecule has 0 spiro atoms. The molecule has 2 rings (SSSR count). The largest absolute Gasteiger partial charge is 0.408 e. The van der Waals surface area contributed by atoms with E-state index in [1.165, 1.54) is 31.6 Å². The molecule has 5 nitrogen and oxygen atoms in total. The van der Waals surface area contributed by atoms with Gasteiger partial charge in [0.1, 0.15) is 11.9 Å². The first kappa shape index (κ1) is 12.8. The van der Waals surface area contributed by atoms with Crippen molar-refractivity contribution in [2.45, 2.75) is 13.5 Å². The molecule has 2 aromatic rings. The normalized spacial score (nSPS) is 9.95. The van der Waals surface area contributed by atoms with E-state index in [0.29, 0.717) is 12.1 Å². The Balaban J connectivity index is 2.22. The van der Waals surface area contributed by atoms with Gasteiger partial charge in [0.15, 0.2) is 0 Å². The molecule has 0 unspecified atom stereocenters. The summed E-state index contributed by atoms with van der Waals surface area (Å²) in [6, 6.07) is 6.08. The van der Waals surface area contributed by atoms with Gasteiger partial charge >= 0.3 is 5.97 Å². The number of rotatable bonds is 3. The van der Waals surface area contributed by atoms with E-state index in [2.05, 4.69) is 4.98 Å². The van der Waals surface area contributed by atoms with Crippen molar-refractivity contribution >= 4 is 5.97 Å². The first-order valence-electron chi connectivity index (χ1n) is 5.47. The van der Waals surface area contributed by atoms with Crippen LogP contribution in [0, 0.1) is 17.1 Å². The number of ether oxygens (including phenoxy) is 1. The molecule has 19 heavy (non-hydrogen) atoms. The summed E-state index contributed by atoms with van der Waals surface area (Å²) in [6.45, 7) is 1.59. The number of halogens is 1. The number of hydrogen-bond acceptors (Lipinski definition) is 4. The summed E-state index contributed by atoms with van der Waals surface area (Å²) in [5.41, 5.74) is 0.637. The molecule has 0 N–H and O–H groups in total. The third kappa shape index (κ3) is 2.96. The maximum atomic E-state index is 13.5. The number of nitriles is 1. The van der Waals surface area contributed by atoms with Crippen LogP contribution >= 0.6 is 0 Å². The molecule has 0 saturated carbocycles. The van der Waals surface area contributed by atoms with Crippen LogP contribution in [-0.4, -0.2) is 15.5 Å². The van der Waals surface area contributed by atoms with E-state index >= 15 is 0 Å². The molecule has 1 heterocycles. The highest BCUT2D eigenvalue weighted by Gasteiger charge is 2.08. The van der Waals surface area contributed by atoms with Crippen LogP contribution in [0.3, 0.4) is 0 Å². The molecule has 0 bridgehead atoms. The number of carbonyl (C=O) groups excluding carboxylic acids is 1. The Hall–Kier alpha value is -2.68. The molecule has 0 saturated heterocycles. The smallest absolute Gasteiger partial charge is 0.309 e. The van der Waals surface area contributed by atoms with E-state index in [9.17, 15) is 9.18 Å². The van der Waals surface area contributed by atoms with Crippen molar-refractivity contribution in [1.82, 2.24) is 9.55 Å². The number of hydrogen-bond donors (Lipinski definition) is 0. The predicted octanol–water partition coefficient (Wildman–Crippen LogP) is 1.87. The molecule has 1 aromatic heterocycles. The second-order valence-corrected chi connectivity index (χ2v) is 3.88. The summed E-state index contributed by atoms with van der Waals surface area (Å²) in [5, 5.41) is 8.65. The van der Waals surface area contributed by atoms with Gasteiger partial charge in [0, 0.05) is 6.92 Å². The average Bonchev–Trinajstić information content (AvgIpc) is 2.76. The molecular weight excluding hydrogens is 249 g/mol. The maximum absolute atomic E-state index is 13.5. The Morgan fingerprint density at radius 1 is 1.58 bits per heavy atom. The molecule has 0 aliphatic heterocycles. The number of esters is 1. The molecule has 0 amide bonds. The van der Waals surface area contributed by atoms with Gasteiger partial charge < -0.3 is 4.74 Å². The van der Waals surface area contributed by atoms with Crippen molar-refractivity contribution in [3.8, 4) is 11.9 Å². The average molecular weight is 259 g/mol. The highest BCUT2D eigenvalue weighted by molar-refractivity contribution is 5.68. The molecule has 96 valence electrons. The fourth-order valence-electron chi connectivity index (χ4n) is 1.60. The van der Waals surface area contributed by atoms with E-state index in [1.807, 2.05) is 0 Å². The van der Waals surface area contributed by atoms with E-state index < -0.39 is 11.8 Å². The van der Waals surface area contributed by atoms with E-state index in [1.54, 1.807) is 16.7 Å². The van der Waals surface area contributed by atoms with Gasteiger partial charge in [0.05, 0.1) is 24.6 Å². The Kier molecular flexibility index (Phi) is 3.57. The zero-order chi connectivity index (χ0) is 13.8. The van der Waals surface area contributed by atoms with Crippen molar-refractivity contribution < 1.29 is 13.9 Å². The quantitative estimate of drug-likeness (QED) is 0.789. The fraction of sp³-hybridized carbons (Fsp3) is 0.154. The lowest BCUT2D eigenvalue weighted by Crippen LogP contribution is -2.08. The third-order valence-electron chi connectivity index (χ3n) is 2.43. The predicted molar refractivity (Wildman–Crippen MR) is 63.8 cm³/mol. The molecule has 0 atom stereocenters. The van der Waals surface area contributed by atoms with Crippen molar-refractivity contribution in [2.24, 2.45) is 0 Å². The second kappa shape index (κ2) is 5.31. The van der Waals surface area contributed by atoms with Gasteiger partial charge in [-0.15, -0.1) is 0 Å². The van der Waals surface area contributed by atoms with Crippen LogP contribution in [0.15, 0.2) is 30.7 Å². The lowest BCUT2D eigenvalue weighted by molar-refractivity contribution is -0.132. The van der Waals surface area contributed by atoms with Crippen LogP contribution in [0.4, 0.5) is 4.39 Å². The molecule has 0 aliphatic carbocycles. The summed E-state index contributed by atoms with van der Waals surface area (Å²) in [5.74, 6) is -0.737. The highest BCUT2D eigenvalue weighted by Crippen LogP contribution is 2.15. The minimum Gasteiger partial charge on any atom is -0.408 e. The minimum atomic E-state index is -0.575. The van der Waals surface area contributed by atoms with Gasteiger partial charge in [-0.25, -0.2) is 9.37 Å². The van der Waals surface area contributed by atoms with Crippen LogP contribution in [0.5, 0.6) is 5.88 Å². The summed E-state index contributed by atoms with van der Waals surface area (Å²) in [4.78, 5) is 14.8. The van der Waals surface area contributed by atoms with Crippen LogP contribution in [0.2, 0.25) is 0 Å². The lowest BCUT2D eigenvalue weighted by atomic mass is 10.1. The second-order valence-electron chi connectivity index (χ2n) is 3.88. The zero-order valence-corrected chi connectivity index (χ0v) is 10.1. The Labute approximate surface area is 108 Å². The molecule has 6 heteroatoms. The van der Waals surface area contributed by atoms with E-state index in [4.69, 9.17) is 10.00 Å². The summed E-state index contributed by atoms with van der Waals surface area (Å²) in [7, 11) is 0. The highest BCUT2D eigenvalue weighted by atomic mass is 19.1. The summed E-state index contributed by atoms with van der Waals surface area (Å²) >= 11 is 0. The molecule has 1 aromatic carbocycles. The SMILES string of the molecule is CC(=O)Oc1cncn1Cc1ccc(C#N)c(F)c1. The monoisotopic (exact) mass is 259 g/mol. The lowest BCUT2D eigenvalue weighted by Gasteiger charge is -2.07. The zero-order valence-electron chi connectivity index (χ0n) is 10.1. The number of benzene rings is 1. The molecule has 0 fully saturated rings. The Morgan fingerprint density at radius 3 is 3.00 bits per heavy atom. The van der Waals surface area contributed by atoms with Crippen molar-refractivity contribution in [3.63, 3.8) is 0 Å². The van der Waals surface area contributed by atoms with Crippen LogP contribution < -0.4 is 4.74 Å². The maximum Gasteiger partial charge on any atom is 0.309 e. The number of nitrogens with zero attached hydrogens (tertiary/aromatic N) is 3. The number of imidazole rings is 1. The van der Waals surface area contributed by atoms with E-state index in [0.717, 1.165) is 0 Å². The fourth-order valence-corrected chi connectivity index (χ4v) is 1.60. The standard InChI is InChI=1S/C13H10FN3O2/c1-9(18)19-13-6-16-8-17(13)7-10-2-3-11(5-15)12(14)4-10/h2-4,6,8H,7H2,1H3. The van der Waals surface area contributed by atoms with Gasteiger partial charge in [-0.1, -0.05) is 6.07 Å². The molecular formula is C13H10FN3O2. The summed E-state index contributed by atoms with van der Waals surface area (Å²) < 4.78 is 20.0. The summed E-state index contributed by atoms with van der Waals surface area (Å²) in [6.07, 6.45) is 2.88. The minimum absolute atomic E-state index is 0.00501. The molecule has 0 aliphatic rings. The van der Waals surface area contributed by atoms with Crippen LogP contribution in [0.1, 0.15) is 18.1 Å². The van der Waals surface area contributed by atoms with Crippen molar-refractivity contribution in [2.75, 3.05) is 0 Å². The topological polar surface area (TPSA) is 67.9 Å². The first-order chi connectivity index (χ1) is 9.10. The first-order valence-corrected chi connectivity index (χ1v) is 5.47. The van der Waals surface area contributed by atoms with E-state index in [-0.39, 0.29) is 11.4 Å². The van der Waals surface area contributed by atoms with Crippen molar-refractivity contribution in [1.29, 1.82) is 5.26 Å².